The summed E-state index contributed by atoms with van der Waals surface area (Å²) in [4.78, 5) is 8.54. The van der Waals surface area contributed by atoms with E-state index >= 15 is 0 Å². The highest BCUT2D eigenvalue weighted by Gasteiger charge is 2.41. The summed E-state index contributed by atoms with van der Waals surface area (Å²) in [5, 5.41) is 23.6. The van der Waals surface area contributed by atoms with Crippen molar-refractivity contribution in [2.45, 2.75) is 70.6 Å². The number of piperidine rings is 1. The quantitative estimate of drug-likeness (QED) is 0.117. The molecule has 0 saturated carbocycles. The highest BCUT2D eigenvalue weighted by Crippen LogP contribution is 2.37. The van der Waals surface area contributed by atoms with Gasteiger partial charge in [-0.3, -0.25) is 15.0 Å². The van der Waals surface area contributed by atoms with Crippen LogP contribution in [0.2, 0.25) is 10.0 Å². The van der Waals surface area contributed by atoms with Crippen molar-refractivity contribution in [3.8, 4) is 6.07 Å². The first-order valence-electron chi connectivity index (χ1n) is 14.9. The lowest BCUT2D eigenvalue weighted by molar-refractivity contribution is 0.0671. The van der Waals surface area contributed by atoms with Crippen molar-refractivity contribution in [3.05, 3.63) is 93.8 Å². The minimum Gasteiger partial charge on any atom is -0.373 e. The summed E-state index contributed by atoms with van der Waals surface area (Å²) in [6.07, 6.45) is 11.1. The first-order chi connectivity index (χ1) is 21.8. The van der Waals surface area contributed by atoms with Crippen LogP contribution < -0.4 is 26.9 Å². The molecule has 2 aliphatic rings. The van der Waals surface area contributed by atoms with Crippen LogP contribution >= 0.6 is 23.2 Å². The molecule has 240 valence electrons. The van der Waals surface area contributed by atoms with Gasteiger partial charge in [0, 0.05) is 46.4 Å². The number of anilines is 3. The lowest BCUT2D eigenvalue weighted by Gasteiger charge is -2.48. The van der Waals surface area contributed by atoms with Gasteiger partial charge in [0.1, 0.15) is 11.9 Å². The number of allylic oxidation sites excluding steroid dienone is 1. The Morgan fingerprint density at radius 2 is 1.89 bits per heavy atom. The molecule has 0 spiro atoms. The molecule has 46 heavy (non-hydrogen) atoms. The first kappa shape index (κ1) is 33.2. The maximum atomic E-state index is 13.9. The fraction of sp³-hybridized carbons (Fsp3) is 0.324. The highest BCUT2D eigenvalue weighted by atomic mass is 35.5. The van der Waals surface area contributed by atoms with E-state index in [-0.39, 0.29) is 27.7 Å². The maximum absolute atomic E-state index is 13.9. The number of aromatic nitrogens is 1. The Bertz CT molecular complexity index is 1780. The number of halogens is 3. The van der Waals surface area contributed by atoms with E-state index in [1.807, 2.05) is 25.1 Å². The van der Waals surface area contributed by atoms with Crippen LogP contribution in [0.5, 0.6) is 0 Å². The zero-order chi connectivity index (χ0) is 33.2. The predicted molar refractivity (Wildman–Crippen MR) is 187 cm³/mol. The van der Waals surface area contributed by atoms with Gasteiger partial charge in [0.2, 0.25) is 0 Å². The van der Waals surface area contributed by atoms with E-state index < -0.39 is 11.9 Å². The molecule has 0 amide bonds. The Morgan fingerprint density at radius 3 is 2.54 bits per heavy atom. The molecule has 2 aromatic carbocycles. The topological polar surface area (TPSA) is 112 Å². The summed E-state index contributed by atoms with van der Waals surface area (Å²) in [5.41, 5.74) is 10.8. The van der Waals surface area contributed by atoms with Crippen LogP contribution in [0.4, 0.5) is 21.5 Å². The number of hydrazine groups is 2. The second-order valence-electron chi connectivity index (χ2n) is 12.8. The number of nitrogens with one attached hydrogen (secondary N) is 5. The lowest BCUT2D eigenvalue weighted by atomic mass is 9.79. The summed E-state index contributed by atoms with van der Waals surface area (Å²) in [7, 11) is 0. The molecule has 1 saturated heterocycles. The van der Waals surface area contributed by atoms with Gasteiger partial charge < -0.3 is 21.4 Å². The third-order valence-electron chi connectivity index (χ3n) is 7.96. The van der Waals surface area contributed by atoms with Crippen molar-refractivity contribution in [2.75, 3.05) is 10.6 Å². The molecule has 2 aliphatic heterocycles. The summed E-state index contributed by atoms with van der Waals surface area (Å²) < 4.78 is 13.9. The molecule has 9 nitrogen and oxygen atoms in total. The largest absolute Gasteiger partial charge is 0.373 e. The molecule has 1 fully saturated rings. The molecule has 0 radical (unpaired) electrons. The molecule has 0 bridgehead atoms. The van der Waals surface area contributed by atoms with Crippen molar-refractivity contribution in [3.63, 3.8) is 0 Å². The molecule has 1 aromatic heterocycles. The molecule has 3 heterocycles. The van der Waals surface area contributed by atoms with Crippen molar-refractivity contribution >= 4 is 57.9 Å². The van der Waals surface area contributed by atoms with E-state index in [2.05, 4.69) is 88.6 Å². The van der Waals surface area contributed by atoms with Gasteiger partial charge in [-0.15, -0.1) is 5.53 Å². The van der Waals surface area contributed by atoms with Gasteiger partial charge in [-0.05, 0) is 90.1 Å². The molecule has 12 heteroatoms. The summed E-state index contributed by atoms with van der Waals surface area (Å²) >= 11 is 12.8. The Morgan fingerprint density at radius 1 is 1.17 bits per heavy atom. The number of fused-ring (bicyclic) bond motifs is 1. The number of benzene rings is 2. The fourth-order valence-electron chi connectivity index (χ4n) is 6.45. The molecule has 5 N–H and O–H groups in total. The van der Waals surface area contributed by atoms with E-state index in [9.17, 15) is 9.65 Å². The molecule has 0 aliphatic carbocycles. The number of hydrogen-bond acceptors (Lipinski definition) is 9. The Labute approximate surface area is 279 Å². The average Bonchev–Trinajstić information content (AvgIpc) is 3.47. The van der Waals surface area contributed by atoms with Crippen molar-refractivity contribution in [1.82, 2.24) is 26.3 Å². The summed E-state index contributed by atoms with van der Waals surface area (Å²) in [5.74, 6) is -0.539. The molecular formula is C34H38Cl2FN9. The SMILES string of the molecule is C=N/C=C(\C=C/C)[C@H](Nc1cc(Cl)c2ncc(C#N)c(Nc3ccc(F)c(Cl)c3)c2c1)C1=CN(C2CC(C)(C)NC(C)(C)C2)NN1. The van der Waals surface area contributed by atoms with Gasteiger partial charge in [-0.1, -0.05) is 35.4 Å². The van der Waals surface area contributed by atoms with Gasteiger partial charge in [-0.25, -0.2) is 4.39 Å². The standard InChI is InChI=1S/C34H38Cl2FN9/c1-7-8-20(17-39-6)31(29-19-46(45-43-29)24-14-33(2,3)44-34(4,5)15-24)42-23-11-25-30(41-22-9-10-28(37)26(35)12-22)21(16-38)18-40-32(25)27(36)13-23/h7-13,17-19,24,31,42-45H,6,14-15H2,1-5H3,(H,40,41)/b8-7-,20-17+/t31-/m0/s1. The van der Waals surface area contributed by atoms with Crippen LogP contribution in [0.25, 0.3) is 10.9 Å². The number of nitriles is 1. The maximum Gasteiger partial charge on any atom is 0.141 e. The van der Waals surface area contributed by atoms with Crippen LogP contribution in [0.15, 0.2) is 77.3 Å². The Hall–Kier alpha value is -4.14. The van der Waals surface area contributed by atoms with Gasteiger partial charge in [0.25, 0.3) is 0 Å². The minimum atomic E-state index is -0.539. The van der Waals surface area contributed by atoms with Crippen molar-refractivity contribution < 1.29 is 4.39 Å². The normalized spacial score (nSPS) is 18.6. The van der Waals surface area contributed by atoms with E-state index in [4.69, 9.17) is 23.2 Å². The van der Waals surface area contributed by atoms with E-state index in [1.165, 1.54) is 18.3 Å². The predicted octanol–water partition coefficient (Wildman–Crippen LogP) is 7.71. The highest BCUT2D eigenvalue weighted by molar-refractivity contribution is 6.36. The molecule has 0 unspecified atom stereocenters. The van der Waals surface area contributed by atoms with Crippen LogP contribution in [0, 0.1) is 17.1 Å². The number of hydrogen-bond donors (Lipinski definition) is 5. The number of pyridine rings is 1. The molecular weight excluding hydrogens is 624 g/mol. The van der Waals surface area contributed by atoms with Crippen LogP contribution in [-0.2, 0) is 0 Å². The second-order valence-corrected chi connectivity index (χ2v) is 13.7. The monoisotopic (exact) mass is 661 g/mol. The van der Waals surface area contributed by atoms with Crippen LogP contribution in [0.3, 0.4) is 0 Å². The van der Waals surface area contributed by atoms with E-state index in [0.717, 1.165) is 24.1 Å². The Balaban J connectivity index is 1.55. The lowest BCUT2D eigenvalue weighted by Crippen LogP contribution is -2.63. The smallest absolute Gasteiger partial charge is 0.141 e. The molecule has 1 atom stereocenters. The summed E-state index contributed by atoms with van der Waals surface area (Å²) in [6.45, 7) is 14.5. The molecule has 5 rings (SSSR count). The number of aliphatic imine (C=N–C) groups is 1. The van der Waals surface area contributed by atoms with E-state index in [0.29, 0.717) is 33.0 Å². The zero-order valence-corrected chi connectivity index (χ0v) is 28.0. The molecule has 3 aromatic rings. The number of rotatable bonds is 9. The van der Waals surface area contributed by atoms with Gasteiger partial charge in [0.15, 0.2) is 0 Å². The third-order valence-corrected chi connectivity index (χ3v) is 8.54. The fourth-order valence-corrected chi connectivity index (χ4v) is 6.90. The third kappa shape index (κ3) is 7.29. The first-order valence-corrected chi connectivity index (χ1v) is 15.7. The average molecular weight is 663 g/mol. The van der Waals surface area contributed by atoms with E-state index in [1.54, 1.807) is 18.3 Å². The van der Waals surface area contributed by atoms with Gasteiger partial charge in [0.05, 0.1) is 44.6 Å². The summed E-state index contributed by atoms with van der Waals surface area (Å²) in [6, 6.07) is 9.97. The van der Waals surface area contributed by atoms with Crippen LogP contribution in [-0.4, -0.2) is 39.9 Å². The van der Waals surface area contributed by atoms with Gasteiger partial charge in [-0.2, -0.15) is 5.26 Å². The van der Waals surface area contributed by atoms with Gasteiger partial charge >= 0.3 is 0 Å². The second kappa shape index (κ2) is 13.3. The zero-order valence-electron chi connectivity index (χ0n) is 26.5. The number of nitrogens with zero attached hydrogens (tertiary/aromatic N) is 4. The van der Waals surface area contributed by atoms with Crippen molar-refractivity contribution in [1.29, 1.82) is 5.26 Å². The van der Waals surface area contributed by atoms with Crippen LogP contribution in [0.1, 0.15) is 53.0 Å². The Kier molecular flexibility index (Phi) is 9.61. The minimum absolute atomic E-state index is 0.0335. The van der Waals surface area contributed by atoms with Crippen molar-refractivity contribution in [2.24, 2.45) is 4.99 Å².